The molecule has 0 aromatic carbocycles. The summed E-state index contributed by atoms with van der Waals surface area (Å²) in [7, 11) is 1.77. The van der Waals surface area contributed by atoms with Crippen LogP contribution in [0.2, 0.25) is 0 Å². The number of amides is 1. The molecular formula is C14H23IN4O2. The lowest BCUT2D eigenvalue weighted by Gasteiger charge is -2.34. The van der Waals surface area contributed by atoms with E-state index in [1.54, 1.807) is 13.3 Å². The molecule has 0 bridgehead atoms. The third kappa shape index (κ3) is 5.56. The number of carbonyl (C=O) groups excluding carboxylic acids is 1. The Balaban J connectivity index is 0.00000220. The van der Waals surface area contributed by atoms with Crippen molar-refractivity contribution in [2.24, 2.45) is 16.6 Å². The molecule has 0 spiro atoms. The minimum atomic E-state index is -0.226. The summed E-state index contributed by atoms with van der Waals surface area (Å²) < 4.78 is 5.29. The number of halogens is 1. The van der Waals surface area contributed by atoms with Gasteiger partial charge in [-0.05, 0) is 30.9 Å². The molecule has 6 nitrogen and oxygen atoms in total. The van der Waals surface area contributed by atoms with Crippen LogP contribution in [-0.2, 0) is 11.3 Å². The second-order valence-electron chi connectivity index (χ2n) is 5.10. The van der Waals surface area contributed by atoms with E-state index in [1.165, 1.54) is 0 Å². The molecular weight excluding hydrogens is 383 g/mol. The van der Waals surface area contributed by atoms with Crippen molar-refractivity contribution in [3.8, 4) is 0 Å². The van der Waals surface area contributed by atoms with Crippen LogP contribution in [0.1, 0.15) is 25.0 Å². The van der Waals surface area contributed by atoms with Crippen LogP contribution in [0.25, 0.3) is 0 Å². The zero-order valence-electron chi connectivity index (χ0n) is 12.2. The van der Waals surface area contributed by atoms with Crippen LogP contribution >= 0.6 is 24.0 Å². The van der Waals surface area contributed by atoms with Crippen LogP contribution in [0.5, 0.6) is 0 Å². The molecule has 1 aliphatic rings. The van der Waals surface area contributed by atoms with Crippen LogP contribution in [0.15, 0.2) is 27.8 Å². The van der Waals surface area contributed by atoms with Crippen molar-refractivity contribution in [2.45, 2.75) is 25.8 Å². The Morgan fingerprint density at radius 1 is 1.62 bits per heavy atom. The van der Waals surface area contributed by atoms with Gasteiger partial charge in [0.05, 0.1) is 12.8 Å². The van der Waals surface area contributed by atoms with E-state index in [2.05, 4.69) is 15.2 Å². The first-order valence-electron chi connectivity index (χ1n) is 6.95. The number of nitrogens with zero attached hydrogens (tertiary/aromatic N) is 2. The van der Waals surface area contributed by atoms with Crippen LogP contribution in [0, 0.1) is 5.92 Å². The summed E-state index contributed by atoms with van der Waals surface area (Å²) in [6.07, 6.45) is 4.21. The molecule has 1 aromatic heterocycles. The summed E-state index contributed by atoms with van der Waals surface area (Å²) >= 11 is 0. The molecule has 2 rings (SSSR count). The summed E-state index contributed by atoms with van der Waals surface area (Å²) in [6.45, 7) is 2.38. The number of primary amides is 1. The number of furan rings is 1. The van der Waals surface area contributed by atoms with Crippen molar-refractivity contribution in [2.75, 3.05) is 20.1 Å². The summed E-state index contributed by atoms with van der Waals surface area (Å²) in [5, 5.41) is 3.28. The lowest BCUT2D eigenvalue weighted by Crippen LogP contribution is -2.46. The van der Waals surface area contributed by atoms with E-state index in [0.717, 1.165) is 37.7 Å². The normalized spacial score (nSPS) is 19.0. The van der Waals surface area contributed by atoms with E-state index < -0.39 is 0 Å². The Morgan fingerprint density at radius 2 is 2.43 bits per heavy atom. The smallest absolute Gasteiger partial charge is 0.217 e. The number of nitrogens with one attached hydrogen (secondary N) is 1. The van der Waals surface area contributed by atoms with Gasteiger partial charge in [-0.1, -0.05) is 0 Å². The molecule has 7 heteroatoms. The largest absolute Gasteiger partial charge is 0.467 e. The van der Waals surface area contributed by atoms with Crippen LogP contribution in [0.3, 0.4) is 0 Å². The number of hydrogen-bond acceptors (Lipinski definition) is 3. The summed E-state index contributed by atoms with van der Waals surface area (Å²) in [5.41, 5.74) is 5.28. The Hall–Kier alpha value is -1.25. The van der Waals surface area contributed by atoms with Crippen molar-refractivity contribution >= 4 is 35.8 Å². The molecule has 1 aliphatic heterocycles. The predicted octanol–water partition coefficient (Wildman–Crippen LogP) is 1.56. The molecule has 118 valence electrons. The number of aliphatic imine (C=N–C) groups is 1. The lowest BCUT2D eigenvalue weighted by molar-refractivity contribution is -0.119. The van der Waals surface area contributed by atoms with Gasteiger partial charge in [0.15, 0.2) is 5.96 Å². The van der Waals surface area contributed by atoms with Crippen LogP contribution in [-0.4, -0.2) is 36.9 Å². The summed E-state index contributed by atoms with van der Waals surface area (Å²) in [4.78, 5) is 17.5. The molecule has 1 atom stereocenters. The molecule has 2 heterocycles. The second-order valence-corrected chi connectivity index (χ2v) is 5.10. The quantitative estimate of drug-likeness (QED) is 0.452. The first-order valence-corrected chi connectivity index (χ1v) is 6.95. The monoisotopic (exact) mass is 406 g/mol. The van der Waals surface area contributed by atoms with Gasteiger partial charge in [0, 0.05) is 26.6 Å². The lowest BCUT2D eigenvalue weighted by atomic mass is 9.95. The molecule has 1 aromatic rings. The number of carbonyl (C=O) groups is 1. The van der Waals surface area contributed by atoms with E-state index in [4.69, 9.17) is 10.2 Å². The highest BCUT2D eigenvalue weighted by molar-refractivity contribution is 14.0. The highest BCUT2D eigenvalue weighted by atomic mass is 127. The van der Waals surface area contributed by atoms with E-state index >= 15 is 0 Å². The number of likely N-dealkylation sites (tertiary alicyclic amines) is 1. The van der Waals surface area contributed by atoms with E-state index in [-0.39, 0.29) is 29.9 Å². The van der Waals surface area contributed by atoms with Gasteiger partial charge in [0.25, 0.3) is 0 Å². The Bertz CT molecular complexity index is 462. The molecule has 1 unspecified atom stereocenters. The van der Waals surface area contributed by atoms with Gasteiger partial charge >= 0.3 is 0 Å². The zero-order chi connectivity index (χ0) is 14.4. The zero-order valence-corrected chi connectivity index (χ0v) is 14.6. The number of guanidine groups is 1. The molecule has 0 radical (unpaired) electrons. The van der Waals surface area contributed by atoms with Gasteiger partial charge in [-0.25, -0.2) is 0 Å². The number of hydrogen-bond donors (Lipinski definition) is 2. The van der Waals surface area contributed by atoms with Crippen molar-refractivity contribution in [1.29, 1.82) is 0 Å². The fourth-order valence-corrected chi connectivity index (χ4v) is 2.62. The van der Waals surface area contributed by atoms with Crippen LogP contribution < -0.4 is 11.1 Å². The van der Waals surface area contributed by atoms with E-state index in [9.17, 15) is 4.79 Å². The fraction of sp³-hybridized carbons (Fsp3) is 0.571. The molecule has 21 heavy (non-hydrogen) atoms. The Morgan fingerprint density at radius 3 is 3.05 bits per heavy atom. The highest BCUT2D eigenvalue weighted by Crippen LogP contribution is 2.19. The molecule has 0 aliphatic carbocycles. The molecule has 0 saturated carbocycles. The van der Waals surface area contributed by atoms with Crippen LogP contribution in [0.4, 0.5) is 0 Å². The van der Waals surface area contributed by atoms with Crippen molar-refractivity contribution in [3.05, 3.63) is 24.2 Å². The Kier molecular flexibility index (Phi) is 7.55. The standard InChI is InChI=1S/C14H22N4O2.HI/c1-16-14(17-9-12-5-3-7-20-12)18-6-2-4-11(10-18)8-13(15)19;/h3,5,7,11H,2,4,6,8-10H2,1H3,(H2,15,19)(H,16,17);1H. The average Bonchev–Trinajstić information content (AvgIpc) is 2.92. The highest BCUT2D eigenvalue weighted by Gasteiger charge is 2.23. The summed E-state index contributed by atoms with van der Waals surface area (Å²) in [5.74, 6) is 1.81. The molecule has 1 amide bonds. The van der Waals surface area contributed by atoms with Gasteiger partial charge in [0.2, 0.25) is 5.91 Å². The first kappa shape index (κ1) is 17.8. The number of piperidine rings is 1. The maximum Gasteiger partial charge on any atom is 0.217 e. The SMILES string of the molecule is CN=C(NCc1ccco1)N1CCCC(CC(N)=O)C1.I. The first-order chi connectivity index (χ1) is 9.69. The Labute approximate surface area is 142 Å². The van der Waals surface area contributed by atoms with E-state index in [1.807, 2.05) is 12.1 Å². The average molecular weight is 406 g/mol. The molecule has 3 N–H and O–H groups in total. The van der Waals surface area contributed by atoms with Gasteiger partial charge in [-0.3, -0.25) is 9.79 Å². The molecule has 1 saturated heterocycles. The van der Waals surface area contributed by atoms with Gasteiger partial charge in [-0.2, -0.15) is 0 Å². The predicted molar refractivity (Wildman–Crippen MR) is 92.4 cm³/mol. The minimum absolute atomic E-state index is 0. The maximum atomic E-state index is 11.0. The third-order valence-corrected chi connectivity index (χ3v) is 3.52. The summed E-state index contributed by atoms with van der Waals surface area (Å²) in [6, 6.07) is 3.79. The third-order valence-electron chi connectivity index (χ3n) is 3.52. The van der Waals surface area contributed by atoms with E-state index in [0.29, 0.717) is 18.9 Å². The number of nitrogens with two attached hydrogens (primary N) is 1. The molecule has 1 fully saturated rings. The van der Waals surface area contributed by atoms with Gasteiger partial charge < -0.3 is 20.4 Å². The maximum absolute atomic E-state index is 11.0. The number of rotatable bonds is 4. The minimum Gasteiger partial charge on any atom is -0.467 e. The fourth-order valence-electron chi connectivity index (χ4n) is 2.62. The topological polar surface area (TPSA) is 83.9 Å². The van der Waals surface area contributed by atoms with Crippen molar-refractivity contribution in [3.63, 3.8) is 0 Å². The van der Waals surface area contributed by atoms with Gasteiger partial charge in [0.1, 0.15) is 5.76 Å². The van der Waals surface area contributed by atoms with Crippen molar-refractivity contribution in [1.82, 2.24) is 10.2 Å². The second kappa shape index (κ2) is 8.91. The van der Waals surface area contributed by atoms with Gasteiger partial charge in [-0.15, -0.1) is 24.0 Å². The van der Waals surface area contributed by atoms with Crippen molar-refractivity contribution < 1.29 is 9.21 Å².